The Bertz CT molecular complexity index is 235. The lowest BCUT2D eigenvalue weighted by Crippen LogP contribution is -1.88. The van der Waals surface area contributed by atoms with Crippen molar-refractivity contribution in [2.24, 2.45) is 0 Å². The van der Waals surface area contributed by atoms with Crippen LogP contribution < -0.4 is 0 Å². The summed E-state index contributed by atoms with van der Waals surface area (Å²) >= 11 is 9.52. The van der Waals surface area contributed by atoms with Crippen LogP contribution >= 0.6 is 27.5 Å². The highest BCUT2D eigenvalue weighted by atomic mass is 79.9. The van der Waals surface area contributed by atoms with Crippen LogP contribution in [-0.2, 0) is 0 Å². The van der Waals surface area contributed by atoms with Gasteiger partial charge in [-0.05, 0) is 18.1 Å². The van der Waals surface area contributed by atoms with E-state index >= 15 is 0 Å². The highest BCUT2D eigenvalue weighted by Gasteiger charge is 2.07. The topological polar surface area (TPSA) is 0 Å². The molecule has 1 rings (SSSR count). The van der Waals surface area contributed by atoms with Gasteiger partial charge in [-0.1, -0.05) is 41.1 Å². The van der Waals surface area contributed by atoms with E-state index in [9.17, 15) is 0 Å². The summed E-state index contributed by atoms with van der Waals surface area (Å²) in [4.78, 5) is 0. The van der Waals surface area contributed by atoms with Crippen molar-refractivity contribution in [3.63, 3.8) is 0 Å². The van der Waals surface area contributed by atoms with E-state index < -0.39 is 0 Å². The van der Waals surface area contributed by atoms with E-state index in [0.29, 0.717) is 0 Å². The summed E-state index contributed by atoms with van der Waals surface area (Å²) in [5.41, 5.74) is 1.18. The van der Waals surface area contributed by atoms with Crippen LogP contribution in [0.3, 0.4) is 0 Å². The molecule has 0 radical (unpaired) electrons. The summed E-state index contributed by atoms with van der Waals surface area (Å²) in [6.45, 7) is 2.08. The van der Waals surface area contributed by atoms with Crippen molar-refractivity contribution >= 4 is 27.5 Å². The highest BCUT2D eigenvalue weighted by Crippen LogP contribution is 2.29. The molecule has 0 aromatic heterocycles. The maximum absolute atomic E-state index is 6.07. The van der Waals surface area contributed by atoms with Gasteiger partial charge in [0.2, 0.25) is 0 Å². The predicted octanol–water partition coefficient (Wildman–Crippen LogP) is 4.14. The van der Waals surface area contributed by atoms with E-state index in [0.717, 1.165) is 10.9 Å². The molecule has 0 nitrogen and oxygen atoms in total. The van der Waals surface area contributed by atoms with Crippen LogP contribution in [0.15, 0.2) is 28.7 Å². The molecular formula is C9H10BrCl. The average Bonchev–Trinajstić information content (AvgIpc) is 2.04. The average molecular weight is 234 g/mol. The number of rotatable bonds is 2. The quantitative estimate of drug-likeness (QED) is 0.674. The molecule has 11 heavy (non-hydrogen) atoms. The zero-order valence-electron chi connectivity index (χ0n) is 6.35. The Labute approximate surface area is 80.7 Å². The second-order valence-corrected chi connectivity index (χ2v) is 3.78. The van der Waals surface area contributed by atoms with Gasteiger partial charge < -0.3 is 0 Å². The van der Waals surface area contributed by atoms with Gasteiger partial charge in [-0.25, -0.2) is 0 Å². The monoisotopic (exact) mass is 232 g/mol. The summed E-state index contributed by atoms with van der Waals surface area (Å²) < 4.78 is 1.10. The molecular weight excluding hydrogens is 223 g/mol. The molecule has 0 N–H and O–H groups in total. The minimum atomic E-state index is 0.130. The van der Waals surface area contributed by atoms with Gasteiger partial charge in [-0.3, -0.25) is 0 Å². The van der Waals surface area contributed by atoms with Crippen LogP contribution in [0.1, 0.15) is 24.3 Å². The van der Waals surface area contributed by atoms with Crippen molar-refractivity contribution in [1.82, 2.24) is 0 Å². The fraction of sp³-hybridized carbons (Fsp3) is 0.333. The second-order valence-electron chi connectivity index (χ2n) is 2.40. The van der Waals surface area contributed by atoms with Gasteiger partial charge in [0.15, 0.2) is 0 Å². The first-order valence-electron chi connectivity index (χ1n) is 3.64. The molecule has 0 spiro atoms. The molecule has 1 atom stereocenters. The van der Waals surface area contributed by atoms with E-state index in [2.05, 4.69) is 22.9 Å². The summed E-state index contributed by atoms with van der Waals surface area (Å²) in [6.07, 6.45) is 0.962. The minimum absolute atomic E-state index is 0.130. The Hall–Kier alpha value is -0.0100. The van der Waals surface area contributed by atoms with Gasteiger partial charge in [0.05, 0.1) is 5.38 Å². The lowest BCUT2D eigenvalue weighted by molar-refractivity contribution is 0.879. The molecule has 0 aliphatic rings. The van der Waals surface area contributed by atoms with Crippen LogP contribution in [0.5, 0.6) is 0 Å². The van der Waals surface area contributed by atoms with Gasteiger partial charge in [-0.15, -0.1) is 11.6 Å². The molecule has 2 heteroatoms. The normalized spacial score (nSPS) is 13.0. The Kier molecular flexibility index (Phi) is 3.41. The van der Waals surface area contributed by atoms with Crippen LogP contribution in [0.2, 0.25) is 0 Å². The Morgan fingerprint density at radius 3 is 2.64 bits per heavy atom. The van der Waals surface area contributed by atoms with Gasteiger partial charge in [0.25, 0.3) is 0 Å². The maximum atomic E-state index is 6.07. The molecule has 0 fully saturated rings. The Morgan fingerprint density at radius 1 is 1.45 bits per heavy atom. The van der Waals surface area contributed by atoms with E-state index in [4.69, 9.17) is 11.6 Å². The van der Waals surface area contributed by atoms with Crippen LogP contribution in [-0.4, -0.2) is 0 Å². The van der Waals surface area contributed by atoms with Gasteiger partial charge in [0, 0.05) is 4.47 Å². The summed E-state index contributed by atoms with van der Waals surface area (Å²) in [5.74, 6) is 0. The van der Waals surface area contributed by atoms with Crippen molar-refractivity contribution in [1.29, 1.82) is 0 Å². The second kappa shape index (κ2) is 4.13. The third-order valence-electron chi connectivity index (χ3n) is 1.60. The standard InChI is InChI=1S/C9H10BrCl/c1-2-9(11)7-5-3-4-6-8(7)10/h3-6,9H,2H2,1H3. The van der Waals surface area contributed by atoms with Crippen molar-refractivity contribution in [3.05, 3.63) is 34.3 Å². The number of benzene rings is 1. The zero-order chi connectivity index (χ0) is 8.27. The molecule has 60 valence electrons. The largest absolute Gasteiger partial charge is 0.118 e. The molecule has 1 aromatic carbocycles. The summed E-state index contributed by atoms with van der Waals surface area (Å²) in [6, 6.07) is 8.06. The van der Waals surface area contributed by atoms with Gasteiger partial charge in [0.1, 0.15) is 0 Å². The van der Waals surface area contributed by atoms with Crippen molar-refractivity contribution in [3.8, 4) is 0 Å². The Morgan fingerprint density at radius 2 is 2.09 bits per heavy atom. The fourth-order valence-corrected chi connectivity index (χ4v) is 1.83. The van der Waals surface area contributed by atoms with E-state index in [1.165, 1.54) is 5.56 Å². The molecule has 0 bridgehead atoms. The van der Waals surface area contributed by atoms with Gasteiger partial charge >= 0.3 is 0 Å². The van der Waals surface area contributed by atoms with Crippen LogP contribution in [0, 0.1) is 0 Å². The molecule has 0 aliphatic heterocycles. The number of alkyl halides is 1. The smallest absolute Gasteiger partial charge is 0.0593 e. The third kappa shape index (κ3) is 2.21. The molecule has 0 saturated heterocycles. The number of hydrogen-bond donors (Lipinski definition) is 0. The lowest BCUT2D eigenvalue weighted by Gasteiger charge is -2.07. The first-order chi connectivity index (χ1) is 5.25. The zero-order valence-corrected chi connectivity index (χ0v) is 8.69. The molecule has 1 unspecified atom stereocenters. The summed E-state index contributed by atoms with van der Waals surface area (Å²) in [5, 5.41) is 0.130. The van der Waals surface area contributed by atoms with Gasteiger partial charge in [-0.2, -0.15) is 0 Å². The maximum Gasteiger partial charge on any atom is 0.0593 e. The Balaban J connectivity index is 2.93. The van der Waals surface area contributed by atoms with Crippen LogP contribution in [0.4, 0.5) is 0 Å². The fourth-order valence-electron chi connectivity index (χ4n) is 0.949. The molecule has 1 aromatic rings. The number of halogens is 2. The SMILES string of the molecule is CCC(Cl)c1ccccc1Br. The van der Waals surface area contributed by atoms with E-state index in [1.54, 1.807) is 0 Å². The molecule has 0 saturated carbocycles. The van der Waals surface area contributed by atoms with Crippen molar-refractivity contribution < 1.29 is 0 Å². The molecule has 0 heterocycles. The first-order valence-corrected chi connectivity index (χ1v) is 4.87. The van der Waals surface area contributed by atoms with Crippen LogP contribution in [0.25, 0.3) is 0 Å². The third-order valence-corrected chi connectivity index (χ3v) is 2.87. The first kappa shape index (κ1) is 9.08. The lowest BCUT2D eigenvalue weighted by atomic mass is 10.1. The summed E-state index contributed by atoms with van der Waals surface area (Å²) in [7, 11) is 0. The number of hydrogen-bond acceptors (Lipinski definition) is 0. The highest BCUT2D eigenvalue weighted by molar-refractivity contribution is 9.10. The molecule has 0 aliphatic carbocycles. The predicted molar refractivity (Wildman–Crippen MR) is 53.0 cm³/mol. The molecule has 0 amide bonds. The minimum Gasteiger partial charge on any atom is -0.118 e. The van der Waals surface area contributed by atoms with Crippen molar-refractivity contribution in [2.45, 2.75) is 18.7 Å². The van der Waals surface area contributed by atoms with Crippen molar-refractivity contribution in [2.75, 3.05) is 0 Å². The van der Waals surface area contributed by atoms with E-state index in [-0.39, 0.29) is 5.38 Å². The van der Waals surface area contributed by atoms with E-state index in [1.807, 2.05) is 24.3 Å².